The Morgan fingerprint density at radius 2 is 1.67 bits per heavy atom. The first-order valence-corrected chi connectivity index (χ1v) is 8.87. The fraction of sp³-hybridized carbons (Fsp3) is 0.684. The molecule has 3 atom stereocenters. The lowest BCUT2D eigenvalue weighted by atomic mass is 9.37. The molecule has 2 saturated heterocycles. The van der Waals surface area contributed by atoms with Gasteiger partial charge in [-0.2, -0.15) is 0 Å². The van der Waals surface area contributed by atoms with Gasteiger partial charge in [0.15, 0.2) is 0 Å². The van der Waals surface area contributed by atoms with Gasteiger partial charge in [-0.25, -0.2) is 0 Å². The number of hydrogen-bond donors (Lipinski definition) is 0. The van der Waals surface area contributed by atoms with Crippen molar-refractivity contribution < 1.29 is 18.8 Å². The van der Waals surface area contributed by atoms with E-state index in [1.807, 2.05) is 12.1 Å². The van der Waals surface area contributed by atoms with Crippen LogP contribution >= 0.6 is 0 Å². The molecule has 3 aliphatic rings. The van der Waals surface area contributed by atoms with E-state index >= 15 is 0 Å². The van der Waals surface area contributed by atoms with Crippen molar-refractivity contribution in [2.45, 2.75) is 56.6 Å². The molecule has 5 heteroatoms. The average Bonchev–Trinajstić information content (AvgIpc) is 2.94. The summed E-state index contributed by atoms with van der Waals surface area (Å²) < 4.78 is 24.1. The third-order valence-corrected chi connectivity index (χ3v) is 6.81. The van der Waals surface area contributed by atoms with E-state index in [0.717, 1.165) is 18.8 Å². The molecule has 0 bridgehead atoms. The highest BCUT2D eigenvalue weighted by Gasteiger charge is 2.71. The summed E-state index contributed by atoms with van der Waals surface area (Å²) in [7, 11) is 1.49. The molecule has 0 N–H and O–H groups in total. The summed E-state index contributed by atoms with van der Waals surface area (Å²) in [5.41, 5.74) is 0.714. The van der Waals surface area contributed by atoms with Crippen LogP contribution in [0.2, 0.25) is 5.31 Å². The molecule has 1 aliphatic carbocycles. The maximum atomic E-state index is 6.44. The predicted molar refractivity (Wildman–Crippen MR) is 93.4 cm³/mol. The first kappa shape index (κ1) is 16.4. The van der Waals surface area contributed by atoms with E-state index in [1.54, 1.807) is 7.11 Å². The molecule has 24 heavy (non-hydrogen) atoms. The van der Waals surface area contributed by atoms with Crippen LogP contribution in [-0.4, -0.2) is 38.6 Å². The zero-order chi connectivity index (χ0) is 17.2. The molecule has 2 aliphatic heterocycles. The van der Waals surface area contributed by atoms with Gasteiger partial charge in [0.25, 0.3) is 0 Å². The topological polar surface area (TPSA) is 36.9 Å². The SMILES string of the molecule is COc1ccc([C@@H]2C[C@H]3COC[C@]32B2OC(C)(C)C(C)(C)O2)cc1. The van der Waals surface area contributed by atoms with Gasteiger partial charge in [0.05, 0.1) is 24.9 Å². The van der Waals surface area contributed by atoms with Gasteiger partial charge in [0, 0.05) is 11.9 Å². The Morgan fingerprint density at radius 1 is 1.04 bits per heavy atom. The molecular formula is C19H27BO4. The summed E-state index contributed by atoms with van der Waals surface area (Å²) in [4.78, 5) is 0. The lowest BCUT2D eigenvalue weighted by Gasteiger charge is -2.52. The van der Waals surface area contributed by atoms with Gasteiger partial charge in [0.2, 0.25) is 0 Å². The van der Waals surface area contributed by atoms with E-state index < -0.39 is 0 Å². The number of ether oxygens (including phenoxy) is 2. The van der Waals surface area contributed by atoms with Crippen LogP contribution < -0.4 is 4.74 Å². The van der Waals surface area contributed by atoms with Crippen LogP contribution in [0, 0.1) is 5.92 Å². The normalized spacial score (nSPS) is 36.3. The average molecular weight is 330 g/mol. The van der Waals surface area contributed by atoms with Crippen LogP contribution in [-0.2, 0) is 14.0 Å². The second-order valence-electron chi connectivity index (χ2n) is 8.47. The van der Waals surface area contributed by atoms with Crippen LogP contribution in [0.15, 0.2) is 24.3 Å². The van der Waals surface area contributed by atoms with E-state index in [2.05, 4.69) is 39.8 Å². The van der Waals surface area contributed by atoms with Crippen LogP contribution in [0.1, 0.15) is 45.6 Å². The number of hydrogen-bond acceptors (Lipinski definition) is 4. The first-order valence-electron chi connectivity index (χ1n) is 8.87. The summed E-state index contributed by atoms with van der Waals surface area (Å²) in [5.74, 6) is 1.81. The van der Waals surface area contributed by atoms with Gasteiger partial charge >= 0.3 is 7.12 Å². The van der Waals surface area contributed by atoms with Gasteiger partial charge in [0.1, 0.15) is 5.75 Å². The van der Waals surface area contributed by atoms with Crippen molar-refractivity contribution in [2.75, 3.05) is 20.3 Å². The molecular weight excluding hydrogens is 303 g/mol. The van der Waals surface area contributed by atoms with Crippen LogP contribution in [0.3, 0.4) is 0 Å². The predicted octanol–water partition coefficient (Wildman–Crippen LogP) is 3.66. The molecule has 0 unspecified atom stereocenters. The van der Waals surface area contributed by atoms with Crippen molar-refractivity contribution >= 4 is 7.12 Å². The highest BCUT2D eigenvalue weighted by molar-refractivity contribution is 6.51. The molecule has 130 valence electrons. The smallest absolute Gasteiger partial charge is 0.467 e. The Hall–Kier alpha value is -1.04. The minimum atomic E-state index is -0.306. The molecule has 0 spiro atoms. The van der Waals surface area contributed by atoms with Gasteiger partial charge in [-0.3, -0.25) is 0 Å². The molecule has 1 aromatic carbocycles. The largest absolute Gasteiger partial charge is 0.497 e. The minimum absolute atomic E-state index is 0.0698. The number of methoxy groups -OCH3 is 1. The molecule has 0 amide bonds. The van der Waals surface area contributed by atoms with Gasteiger partial charge in [-0.05, 0) is 63.6 Å². The van der Waals surface area contributed by atoms with Crippen molar-refractivity contribution in [1.82, 2.24) is 0 Å². The Kier molecular flexibility index (Phi) is 3.58. The van der Waals surface area contributed by atoms with E-state index in [-0.39, 0.29) is 23.6 Å². The van der Waals surface area contributed by atoms with Gasteiger partial charge < -0.3 is 18.8 Å². The van der Waals surface area contributed by atoms with Gasteiger partial charge in [-0.15, -0.1) is 0 Å². The molecule has 0 radical (unpaired) electrons. The van der Waals surface area contributed by atoms with Crippen LogP contribution in [0.25, 0.3) is 0 Å². The zero-order valence-electron chi connectivity index (χ0n) is 15.3. The standard InChI is InChI=1S/C19H27BO4/c1-17(2)18(3,4)24-20(23-17)19-12-22-11-14(19)10-16(19)13-6-8-15(21-5)9-7-13/h6-9,14,16H,10-12H2,1-5H3/t14-,16-,19-/m0/s1. The fourth-order valence-electron chi connectivity index (χ4n) is 4.44. The number of benzene rings is 1. The lowest BCUT2D eigenvalue weighted by molar-refractivity contribution is 0.00578. The summed E-state index contributed by atoms with van der Waals surface area (Å²) in [5, 5.41) is -0.0698. The number of rotatable bonds is 3. The second-order valence-corrected chi connectivity index (χ2v) is 8.47. The Labute approximate surface area is 145 Å². The first-order chi connectivity index (χ1) is 11.3. The summed E-state index contributed by atoms with van der Waals surface area (Å²) in [6.07, 6.45) is 1.14. The van der Waals surface area contributed by atoms with Crippen molar-refractivity contribution in [3.05, 3.63) is 29.8 Å². The summed E-state index contributed by atoms with van der Waals surface area (Å²) in [6.45, 7) is 10.0. The maximum Gasteiger partial charge on any atom is 0.467 e. The molecule has 0 aromatic heterocycles. The second kappa shape index (κ2) is 5.23. The number of fused-ring (bicyclic) bond motifs is 1. The van der Waals surface area contributed by atoms with E-state index in [4.69, 9.17) is 18.8 Å². The van der Waals surface area contributed by atoms with Gasteiger partial charge in [-0.1, -0.05) is 12.1 Å². The molecule has 3 fully saturated rings. The van der Waals surface area contributed by atoms with Crippen molar-refractivity contribution in [3.8, 4) is 5.75 Å². The molecule has 4 rings (SSSR count). The molecule has 2 heterocycles. The Balaban J connectivity index is 1.66. The monoisotopic (exact) mass is 330 g/mol. The van der Waals surface area contributed by atoms with Crippen molar-refractivity contribution in [2.24, 2.45) is 5.92 Å². The van der Waals surface area contributed by atoms with Crippen LogP contribution in [0.4, 0.5) is 0 Å². The fourth-order valence-corrected chi connectivity index (χ4v) is 4.44. The van der Waals surface area contributed by atoms with Crippen molar-refractivity contribution in [3.63, 3.8) is 0 Å². The van der Waals surface area contributed by atoms with E-state index in [1.165, 1.54) is 5.56 Å². The maximum absolute atomic E-state index is 6.44. The molecule has 1 aromatic rings. The van der Waals surface area contributed by atoms with Crippen molar-refractivity contribution in [1.29, 1.82) is 0 Å². The molecule has 1 saturated carbocycles. The van der Waals surface area contributed by atoms with E-state index in [9.17, 15) is 0 Å². The third-order valence-electron chi connectivity index (χ3n) is 6.81. The molecule has 4 nitrogen and oxygen atoms in total. The summed E-state index contributed by atoms with van der Waals surface area (Å²) >= 11 is 0. The van der Waals surface area contributed by atoms with Crippen LogP contribution in [0.5, 0.6) is 5.75 Å². The highest BCUT2D eigenvalue weighted by atomic mass is 16.7. The zero-order valence-corrected chi connectivity index (χ0v) is 15.3. The quantitative estimate of drug-likeness (QED) is 0.793. The lowest BCUT2D eigenvalue weighted by Crippen LogP contribution is -2.52. The Morgan fingerprint density at radius 3 is 2.21 bits per heavy atom. The Bertz CT molecular complexity index is 611. The summed E-state index contributed by atoms with van der Waals surface area (Å²) in [6, 6.07) is 8.42. The highest BCUT2D eigenvalue weighted by Crippen LogP contribution is 2.69. The minimum Gasteiger partial charge on any atom is -0.497 e. The third kappa shape index (κ3) is 2.11. The van der Waals surface area contributed by atoms with E-state index in [0.29, 0.717) is 18.4 Å².